The Morgan fingerprint density at radius 3 is 1.31 bits per heavy atom. The number of hydrogen-bond donors (Lipinski definition) is 0. The van der Waals surface area contributed by atoms with E-state index in [1.54, 1.807) is 0 Å². The first-order valence-electron chi connectivity index (χ1n) is 18.9. The van der Waals surface area contributed by atoms with Crippen molar-refractivity contribution in [1.82, 2.24) is 19.5 Å². The predicted molar refractivity (Wildman–Crippen MR) is 227 cm³/mol. The van der Waals surface area contributed by atoms with Crippen LogP contribution in [0.1, 0.15) is 1.37 Å². The van der Waals surface area contributed by atoms with Crippen molar-refractivity contribution in [3.8, 4) is 73.2 Å². The van der Waals surface area contributed by atoms with Crippen molar-refractivity contribution in [1.29, 1.82) is 0 Å². The second-order valence-corrected chi connectivity index (χ2v) is 13.6. The van der Waals surface area contributed by atoms with Crippen molar-refractivity contribution in [2.75, 3.05) is 0 Å². The van der Waals surface area contributed by atoms with E-state index in [1.807, 2.05) is 66.7 Å². The van der Waals surface area contributed by atoms with Crippen LogP contribution in [0.3, 0.4) is 0 Å². The molecule has 0 aliphatic rings. The third-order valence-electron chi connectivity index (χ3n) is 10.2. The summed E-state index contributed by atoms with van der Waals surface area (Å²) in [6.07, 6.45) is 0. The maximum Gasteiger partial charge on any atom is 0.166 e. The fourth-order valence-corrected chi connectivity index (χ4v) is 7.50. The summed E-state index contributed by atoms with van der Waals surface area (Å²) < 4.78 is 12.0. The van der Waals surface area contributed by atoms with Crippen LogP contribution in [0.4, 0.5) is 0 Å². The molecule has 4 heteroatoms. The highest BCUT2D eigenvalue weighted by atomic mass is 15.1. The molecule has 0 spiro atoms. The molecule has 8 aromatic carbocycles. The first kappa shape index (κ1) is 31.1. The minimum Gasteiger partial charge on any atom is -0.308 e. The van der Waals surface area contributed by atoms with E-state index in [2.05, 4.69) is 138 Å². The number of benzene rings is 8. The third kappa shape index (κ3) is 6.06. The van der Waals surface area contributed by atoms with E-state index in [9.17, 15) is 1.37 Å². The molecule has 258 valence electrons. The number of hydrogen-bond acceptors (Lipinski definition) is 3. The normalized spacial score (nSPS) is 11.5. The Morgan fingerprint density at radius 1 is 0.327 bits per heavy atom. The summed E-state index contributed by atoms with van der Waals surface area (Å²) in [6, 6.07) is 69.0. The summed E-state index contributed by atoms with van der Waals surface area (Å²) in [4.78, 5) is 15.5. The highest BCUT2D eigenvalue weighted by Gasteiger charge is 2.20. The van der Waals surface area contributed by atoms with E-state index >= 15 is 0 Å². The first-order chi connectivity index (χ1) is 27.7. The Labute approximate surface area is 321 Å². The number of aromatic nitrogens is 4. The molecule has 0 atom stereocenters. The molecule has 0 amide bonds. The molecule has 0 N–H and O–H groups in total. The van der Waals surface area contributed by atoms with Crippen molar-refractivity contribution in [3.63, 3.8) is 0 Å². The first-order valence-corrected chi connectivity index (χ1v) is 18.4. The molecule has 10 rings (SSSR count). The van der Waals surface area contributed by atoms with Gasteiger partial charge >= 0.3 is 0 Å². The quantitative estimate of drug-likeness (QED) is 0.166. The van der Waals surface area contributed by atoms with Crippen molar-refractivity contribution < 1.29 is 1.37 Å². The molecule has 0 radical (unpaired) electrons. The summed E-state index contributed by atoms with van der Waals surface area (Å²) in [7, 11) is 0. The predicted octanol–water partition coefficient (Wildman–Crippen LogP) is 13.0. The van der Waals surface area contributed by atoms with Crippen LogP contribution in [-0.2, 0) is 0 Å². The van der Waals surface area contributed by atoms with Gasteiger partial charge in [0.1, 0.15) is 0 Å². The highest BCUT2D eigenvalue weighted by molar-refractivity contribution is 6.09. The molecule has 10 aromatic rings. The van der Waals surface area contributed by atoms with Crippen LogP contribution in [0.25, 0.3) is 95.0 Å². The summed E-state index contributed by atoms with van der Waals surface area (Å²) in [6.45, 7) is 0. The van der Waals surface area contributed by atoms with E-state index in [0.29, 0.717) is 29.1 Å². The molecule has 2 heterocycles. The van der Waals surface area contributed by atoms with E-state index in [-0.39, 0.29) is 0 Å². The van der Waals surface area contributed by atoms with Crippen LogP contribution in [0.5, 0.6) is 0 Å². The fourth-order valence-electron chi connectivity index (χ4n) is 7.50. The summed E-state index contributed by atoms with van der Waals surface area (Å²) in [5.74, 6) is 1.52. The van der Waals surface area contributed by atoms with Crippen LogP contribution < -0.4 is 0 Å². The summed E-state index contributed by atoms with van der Waals surface area (Å²) >= 11 is 0. The monoisotopic (exact) mass is 703 g/mol. The molecule has 0 saturated heterocycles. The molecule has 4 nitrogen and oxygen atoms in total. The standard InChI is InChI=1S/C51H34N4/c1-4-16-35(17-5-1)38-22-14-23-39(32-38)40-24-15-25-42(33-40)50-52-49(37-20-8-3-9-21-37)53-51(54-50)45-31-30-41(36-18-6-2-7-19-36)34-48(45)55-46-28-12-10-26-43(46)44-27-11-13-29-47(44)55/h1-34H/i31D. The lowest BCUT2D eigenvalue weighted by Gasteiger charge is -2.16. The van der Waals surface area contributed by atoms with Crippen molar-refractivity contribution in [2.24, 2.45) is 0 Å². The SMILES string of the molecule is [2H]c1cc(-c2ccccc2)cc(-n2c3ccccc3c3ccccc32)c1-c1nc(-c2ccccc2)nc(-c2cccc(-c3cccc(-c4ccccc4)c3)c2)n1. The molecule has 0 unspecified atom stereocenters. The number of nitrogens with zero attached hydrogens (tertiary/aromatic N) is 4. The van der Waals surface area contributed by atoms with E-state index < -0.39 is 0 Å². The van der Waals surface area contributed by atoms with Crippen LogP contribution in [0, 0.1) is 0 Å². The zero-order chi connectivity index (χ0) is 37.4. The van der Waals surface area contributed by atoms with Gasteiger partial charge in [0.05, 0.1) is 18.1 Å². The minimum atomic E-state index is 0.325. The van der Waals surface area contributed by atoms with Gasteiger partial charge in [-0.05, 0) is 69.8 Å². The summed E-state index contributed by atoms with van der Waals surface area (Å²) in [5.41, 5.74) is 11.7. The van der Waals surface area contributed by atoms with Gasteiger partial charge < -0.3 is 4.57 Å². The Balaban J connectivity index is 1.21. The van der Waals surface area contributed by atoms with Crippen LogP contribution in [0.2, 0.25) is 0 Å². The van der Waals surface area contributed by atoms with Gasteiger partial charge in [0, 0.05) is 27.5 Å². The highest BCUT2D eigenvalue weighted by Crippen LogP contribution is 2.38. The number of para-hydroxylation sites is 2. The largest absolute Gasteiger partial charge is 0.308 e. The average molecular weight is 704 g/mol. The summed E-state index contributed by atoms with van der Waals surface area (Å²) in [5, 5.41) is 2.28. The maximum atomic E-state index is 9.73. The van der Waals surface area contributed by atoms with Gasteiger partial charge in [-0.2, -0.15) is 0 Å². The Kier molecular flexibility index (Phi) is 7.84. The van der Waals surface area contributed by atoms with Crippen LogP contribution >= 0.6 is 0 Å². The molecule has 55 heavy (non-hydrogen) atoms. The average Bonchev–Trinajstić information content (AvgIpc) is 3.61. The number of fused-ring (bicyclic) bond motifs is 3. The Hall–Kier alpha value is -7.43. The molecule has 0 aliphatic carbocycles. The van der Waals surface area contributed by atoms with Gasteiger partial charge in [0.25, 0.3) is 0 Å². The van der Waals surface area contributed by atoms with Gasteiger partial charge in [-0.15, -0.1) is 0 Å². The smallest absolute Gasteiger partial charge is 0.166 e. The molecular formula is C51H34N4. The topological polar surface area (TPSA) is 43.6 Å². The third-order valence-corrected chi connectivity index (χ3v) is 10.2. The van der Waals surface area contributed by atoms with Crippen molar-refractivity contribution >= 4 is 21.8 Å². The van der Waals surface area contributed by atoms with Gasteiger partial charge in [-0.25, -0.2) is 15.0 Å². The zero-order valence-electron chi connectivity index (χ0n) is 30.8. The lowest BCUT2D eigenvalue weighted by atomic mass is 9.98. The number of rotatable bonds is 7. The molecule has 0 aliphatic heterocycles. The Morgan fingerprint density at radius 2 is 0.727 bits per heavy atom. The van der Waals surface area contributed by atoms with Gasteiger partial charge in [0.15, 0.2) is 17.5 Å². The van der Waals surface area contributed by atoms with Gasteiger partial charge in [-0.3, -0.25) is 0 Å². The second-order valence-electron chi connectivity index (χ2n) is 13.6. The lowest BCUT2D eigenvalue weighted by molar-refractivity contribution is 1.06. The molecule has 2 aromatic heterocycles. The zero-order valence-corrected chi connectivity index (χ0v) is 29.8. The van der Waals surface area contributed by atoms with Gasteiger partial charge in [0.2, 0.25) is 0 Å². The van der Waals surface area contributed by atoms with Crippen molar-refractivity contribution in [2.45, 2.75) is 0 Å². The van der Waals surface area contributed by atoms with E-state index in [0.717, 1.165) is 66.4 Å². The second kappa shape index (κ2) is 13.8. The molecule has 0 bridgehead atoms. The molecule has 0 fully saturated rings. The van der Waals surface area contributed by atoms with E-state index in [4.69, 9.17) is 15.0 Å². The maximum absolute atomic E-state index is 9.73. The van der Waals surface area contributed by atoms with Crippen LogP contribution in [-0.4, -0.2) is 19.5 Å². The Bertz CT molecular complexity index is 2980. The van der Waals surface area contributed by atoms with Gasteiger partial charge in [-0.1, -0.05) is 170 Å². The van der Waals surface area contributed by atoms with E-state index in [1.165, 1.54) is 5.56 Å². The van der Waals surface area contributed by atoms with Crippen molar-refractivity contribution in [3.05, 3.63) is 206 Å². The fraction of sp³-hybridized carbons (Fsp3) is 0. The lowest BCUT2D eigenvalue weighted by Crippen LogP contribution is -2.04. The van der Waals surface area contributed by atoms with Crippen LogP contribution in [0.15, 0.2) is 206 Å². The molecule has 0 saturated carbocycles. The molecular weight excluding hydrogens is 669 g/mol. The minimum absolute atomic E-state index is 0.325.